The Labute approximate surface area is 151 Å². The van der Waals surface area contributed by atoms with Crippen molar-refractivity contribution in [3.05, 3.63) is 75.3 Å². The van der Waals surface area contributed by atoms with Gasteiger partial charge in [0.1, 0.15) is 5.75 Å². The predicted octanol–water partition coefficient (Wildman–Crippen LogP) is 3.41. The van der Waals surface area contributed by atoms with Crippen molar-refractivity contribution in [1.82, 2.24) is 5.43 Å². The summed E-state index contributed by atoms with van der Waals surface area (Å²) in [7, 11) is 0. The Bertz CT molecular complexity index is 860. The first-order valence-electron chi connectivity index (χ1n) is 7.89. The van der Waals surface area contributed by atoms with Gasteiger partial charge >= 0.3 is 0 Å². The van der Waals surface area contributed by atoms with Crippen molar-refractivity contribution in [2.45, 2.75) is 13.8 Å². The lowest BCUT2D eigenvalue weighted by atomic mass is 10.1. The van der Waals surface area contributed by atoms with Gasteiger partial charge in [0.2, 0.25) is 0 Å². The van der Waals surface area contributed by atoms with Gasteiger partial charge in [-0.3, -0.25) is 14.9 Å². The first-order chi connectivity index (χ1) is 12.5. The summed E-state index contributed by atoms with van der Waals surface area (Å²) in [5.41, 5.74) is 4.78. The number of amides is 1. The number of nitrogens with one attached hydrogen (secondary N) is 1. The van der Waals surface area contributed by atoms with Crippen LogP contribution in [0.5, 0.6) is 5.75 Å². The summed E-state index contributed by atoms with van der Waals surface area (Å²) in [6, 6.07) is 12.1. The van der Waals surface area contributed by atoms with E-state index in [1.54, 1.807) is 24.3 Å². The highest BCUT2D eigenvalue weighted by atomic mass is 16.6. The lowest BCUT2D eigenvalue weighted by molar-refractivity contribution is -0.385. The summed E-state index contributed by atoms with van der Waals surface area (Å²) >= 11 is 0. The second kappa shape index (κ2) is 9.12. The quantitative estimate of drug-likeness (QED) is 0.469. The minimum Gasteiger partial charge on any atom is -0.483 e. The van der Waals surface area contributed by atoms with E-state index < -0.39 is 10.8 Å². The van der Waals surface area contributed by atoms with Gasteiger partial charge in [-0.25, -0.2) is 5.43 Å². The van der Waals surface area contributed by atoms with E-state index >= 15 is 0 Å². The zero-order valence-electron chi connectivity index (χ0n) is 14.5. The number of nitrogens with zero attached hydrogens (tertiary/aromatic N) is 2. The van der Waals surface area contributed by atoms with Crippen LogP contribution < -0.4 is 10.2 Å². The normalized spacial score (nSPS) is 11.0. The molecule has 134 valence electrons. The highest BCUT2D eigenvalue weighted by Crippen LogP contribution is 2.19. The average molecular weight is 353 g/mol. The second-order valence-electron chi connectivity index (χ2n) is 5.55. The number of rotatable bonds is 7. The summed E-state index contributed by atoms with van der Waals surface area (Å²) in [4.78, 5) is 22.2. The van der Waals surface area contributed by atoms with Gasteiger partial charge < -0.3 is 4.74 Å². The number of nitro benzene ring substituents is 1. The molecule has 0 bridgehead atoms. The van der Waals surface area contributed by atoms with E-state index in [0.717, 1.165) is 11.1 Å². The summed E-state index contributed by atoms with van der Waals surface area (Å²) < 4.78 is 5.47. The van der Waals surface area contributed by atoms with E-state index in [9.17, 15) is 14.9 Å². The molecule has 7 heteroatoms. The van der Waals surface area contributed by atoms with Gasteiger partial charge in [0.15, 0.2) is 6.61 Å². The minimum absolute atomic E-state index is 0.00288. The molecule has 2 rings (SSSR count). The summed E-state index contributed by atoms with van der Waals surface area (Å²) in [6.45, 7) is 3.69. The third-order valence-corrected chi connectivity index (χ3v) is 3.46. The summed E-state index contributed by atoms with van der Waals surface area (Å²) in [5, 5.41) is 14.7. The molecule has 0 aromatic heterocycles. The Morgan fingerprint density at radius 1 is 1.27 bits per heavy atom. The monoisotopic (exact) mass is 353 g/mol. The highest BCUT2D eigenvalue weighted by molar-refractivity contribution is 5.82. The van der Waals surface area contributed by atoms with Crippen molar-refractivity contribution >= 4 is 23.9 Å². The van der Waals surface area contributed by atoms with Crippen LogP contribution in [0.1, 0.15) is 16.7 Å². The van der Waals surface area contributed by atoms with Crippen molar-refractivity contribution in [1.29, 1.82) is 0 Å². The van der Waals surface area contributed by atoms with E-state index in [2.05, 4.69) is 10.5 Å². The van der Waals surface area contributed by atoms with Gasteiger partial charge in [-0.1, -0.05) is 24.3 Å². The SMILES string of the molecule is Cc1ccc(C)c(OCC(=O)N/N=C/C=C/c2ccccc2[N+](=O)[O-])c1. The van der Waals surface area contributed by atoms with Crippen molar-refractivity contribution < 1.29 is 14.5 Å². The molecule has 0 aliphatic rings. The van der Waals surface area contributed by atoms with Crippen LogP contribution in [0, 0.1) is 24.0 Å². The molecule has 0 unspecified atom stereocenters. The molecular formula is C19H19N3O4. The fourth-order valence-corrected chi connectivity index (χ4v) is 2.13. The van der Waals surface area contributed by atoms with Gasteiger partial charge in [0.25, 0.3) is 11.6 Å². The molecule has 2 aromatic rings. The molecule has 0 saturated carbocycles. The van der Waals surface area contributed by atoms with Crippen molar-refractivity contribution in [3.8, 4) is 5.75 Å². The number of allylic oxidation sites excluding steroid dienone is 1. The van der Waals surface area contributed by atoms with Gasteiger partial charge in [0.05, 0.1) is 10.5 Å². The third-order valence-electron chi connectivity index (χ3n) is 3.46. The van der Waals surface area contributed by atoms with Gasteiger partial charge in [0, 0.05) is 12.3 Å². The molecule has 0 heterocycles. The molecule has 26 heavy (non-hydrogen) atoms. The Morgan fingerprint density at radius 3 is 2.81 bits per heavy atom. The van der Waals surface area contributed by atoms with E-state index in [0.29, 0.717) is 11.3 Å². The van der Waals surface area contributed by atoms with E-state index in [1.165, 1.54) is 18.4 Å². The van der Waals surface area contributed by atoms with E-state index in [-0.39, 0.29) is 12.3 Å². The molecule has 0 atom stereocenters. The molecule has 0 aliphatic heterocycles. The van der Waals surface area contributed by atoms with Gasteiger partial charge in [-0.2, -0.15) is 5.10 Å². The average Bonchev–Trinajstić information content (AvgIpc) is 2.62. The van der Waals surface area contributed by atoms with Crippen LogP contribution in [-0.2, 0) is 4.79 Å². The Balaban J connectivity index is 1.84. The summed E-state index contributed by atoms with van der Waals surface area (Å²) in [6.07, 6.45) is 4.39. The van der Waals surface area contributed by atoms with Gasteiger partial charge in [-0.05, 0) is 49.3 Å². The second-order valence-corrected chi connectivity index (χ2v) is 5.55. The number of hydrogen-bond acceptors (Lipinski definition) is 5. The maximum Gasteiger partial charge on any atom is 0.277 e. The van der Waals surface area contributed by atoms with Crippen molar-refractivity contribution in [2.75, 3.05) is 6.61 Å². The molecule has 0 fully saturated rings. The fraction of sp³-hybridized carbons (Fsp3) is 0.158. The molecule has 2 aromatic carbocycles. The van der Waals surface area contributed by atoms with Crippen LogP contribution in [0.2, 0.25) is 0 Å². The number of nitro groups is 1. The third kappa shape index (κ3) is 5.55. The van der Waals surface area contributed by atoms with Crippen molar-refractivity contribution in [2.24, 2.45) is 5.10 Å². The number of aryl methyl sites for hydroxylation is 2. The number of hydrazone groups is 1. The van der Waals surface area contributed by atoms with Crippen LogP contribution in [-0.4, -0.2) is 23.7 Å². The zero-order chi connectivity index (χ0) is 18.9. The van der Waals surface area contributed by atoms with Crippen LogP contribution in [0.4, 0.5) is 5.69 Å². The Morgan fingerprint density at radius 2 is 2.04 bits per heavy atom. The molecule has 0 radical (unpaired) electrons. The molecule has 0 spiro atoms. The number of hydrogen-bond donors (Lipinski definition) is 1. The number of carbonyl (C=O) groups is 1. The lowest BCUT2D eigenvalue weighted by Gasteiger charge is -2.08. The van der Waals surface area contributed by atoms with Crippen molar-refractivity contribution in [3.63, 3.8) is 0 Å². The van der Waals surface area contributed by atoms with Crippen LogP contribution in [0.3, 0.4) is 0 Å². The smallest absolute Gasteiger partial charge is 0.277 e. The number of benzene rings is 2. The number of ether oxygens (including phenoxy) is 1. The number of para-hydroxylation sites is 1. The maximum atomic E-state index is 11.7. The van der Waals surface area contributed by atoms with Crippen LogP contribution in [0.15, 0.2) is 53.6 Å². The zero-order valence-corrected chi connectivity index (χ0v) is 14.5. The molecular weight excluding hydrogens is 334 g/mol. The molecule has 1 N–H and O–H groups in total. The topological polar surface area (TPSA) is 93.8 Å². The molecule has 1 amide bonds. The Hall–Kier alpha value is -3.48. The van der Waals surface area contributed by atoms with E-state index in [4.69, 9.17) is 4.74 Å². The molecule has 7 nitrogen and oxygen atoms in total. The van der Waals surface area contributed by atoms with Crippen LogP contribution in [0.25, 0.3) is 6.08 Å². The molecule has 0 saturated heterocycles. The van der Waals surface area contributed by atoms with Gasteiger partial charge in [-0.15, -0.1) is 0 Å². The highest BCUT2D eigenvalue weighted by Gasteiger charge is 2.08. The van der Waals surface area contributed by atoms with E-state index in [1.807, 2.05) is 32.0 Å². The largest absolute Gasteiger partial charge is 0.483 e. The Kier molecular flexibility index (Phi) is 6.61. The number of carbonyl (C=O) groups excluding carboxylic acids is 1. The summed E-state index contributed by atoms with van der Waals surface area (Å²) in [5.74, 6) is 0.252. The first kappa shape index (κ1) is 18.9. The molecule has 0 aliphatic carbocycles. The standard InChI is InChI=1S/C19H19N3O4/c1-14-9-10-15(2)18(12-14)26-13-19(23)21-20-11-5-7-16-6-3-4-8-17(16)22(24)25/h3-12H,13H2,1-2H3,(H,21,23)/b7-5+,20-11+. The fourth-order valence-electron chi connectivity index (χ4n) is 2.13. The predicted molar refractivity (Wildman–Crippen MR) is 100 cm³/mol. The first-order valence-corrected chi connectivity index (χ1v) is 7.89. The lowest BCUT2D eigenvalue weighted by Crippen LogP contribution is -2.24. The maximum absolute atomic E-state index is 11.7. The minimum atomic E-state index is -0.455. The van der Waals surface area contributed by atoms with Crippen LogP contribution >= 0.6 is 0 Å².